The van der Waals surface area contributed by atoms with E-state index in [1.165, 1.54) is 18.3 Å². The molecule has 2 amide bonds. The number of aromatic nitrogens is 3. The molecule has 162 valence electrons. The Morgan fingerprint density at radius 1 is 1.29 bits per heavy atom. The van der Waals surface area contributed by atoms with Crippen molar-refractivity contribution in [2.45, 2.75) is 31.9 Å². The molecule has 11 heteroatoms. The standard InChI is InChI=1S/C20H21FN6O3S/c1-10-5-14(21)13(8-15(10)24-19(29)16-9-23-20(22)31-16)18(28)25-17-3-4-27(26-17)11-6-12(7-11)30-2/h3-5,8-9,11-12H,6-7H2,1-2H3,(H2,22,23)(H,24,29)(H,25,26,28). The number of aryl methyl sites for hydroxylation is 1. The third-order valence-corrected chi connectivity index (χ3v) is 6.01. The molecule has 9 nitrogen and oxygen atoms in total. The Morgan fingerprint density at radius 3 is 2.74 bits per heavy atom. The van der Waals surface area contributed by atoms with Crippen molar-refractivity contribution in [2.75, 3.05) is 23.5 Å². The molecule has 1 fully saturated rings. The largest absolute Gasteiger partial charge is 0.381 e. The van der Waals surface area contributed by atoms with Gasteiger partial charge in [0.2, 0.25) is 0 Å². The van der Waals surface area contributed by atoms with Crippen LogP contribution in [-0.2, 0) is 4.74 Å². The number of thiazole rings is 1. The lowest BCUT2D eigenvalue weighted by atomic mass is 9.89. The highest BCUT2D eigenvalue weighted by molar-refractivity contribution is 7.17. The predicted molar refractivity (Wildman–Crippen MR) is 115 cm³/mol. The minimum atomic E-state index is -0.698. The third-order valence-electron chi connectivity index (χ3n) is 5.18. The van der Waals surface area contributed by atoms with E-state index in [2.05, 4.69) is 20.7 Å². The second-order valence-corrected chi connectivity index (χ2v) is 8.34. The van der Waals surface area contributed by atoms with E-state index in [0.29, 0.717) is 21.9 Å². The number of nitrogens with one attached hydrogen (secondary N) is 2. The minimum absolute atomic E-state index is 0.206. The molecule has 0 atom stereocenters. The number of benzene rings is 1. The number of hydrogen-bond donors (Lipinski definition) is 3. The van der Waals surface area contributed by atoms with Crippen molar-refractivity contribution < 1.29 is 18.7 Å². The number of carbonyl (C=O) groups is 2. The van der Waals surface area contributed by atoms with Crippen LogP contribution in [0.2, 0.25) is 0 Å². The van der Waals surface area contributed by atoms with Crippen molar-refractivity contribution >= 4 is 39.8 Å². The Hall–Kier alpha value is -3.31. The number of nitrogens with zero attached hydrogens (tertiary/aromatic N) is 3. The number of nitrogens with two attached hydrogens (primary N) is 1. The van der Waals surface area contributed by atoms with Gasteiger partial charge in [-0.15, -0.1) is 0 Å². The maximum Gasteiger partial charge on any atom is 0.267 e. The zero-order chi connectivity index (χ0) is 22.1. The van der Waals surface area contributed by atoms with Crippen LogP contribution < -0.4 is 16.4 Å². The smallest absolute Gasteiger partial charge is 0.267 e. The van der Waals surface area contributed by atoms with Gasteiger partial charge in [-0.3, -0.25) is 14.3 Å². The molecule has 0 saturated heterocycles. The van der Waals surface area contributed by atoms with Crippen LogP contribution in [0.25, 0.3) is 0 Å². The zero-order valence-corrected chi connectivity index (χ0v) is 17.7. The lowest BCUT2D eigenvalue weighted by Gasteiger charge is -2.34. The predicted octanol–water partition coefficient (Wildman–Crippen LogP) is 3.22. The number of hydrogen-bond acceptors (Lipinski definition) is 7. The van der Waals surface area contributed by atoms with Gasteiger partial charge in [0.15, 0.2) is 10.9 Å². The van der Waals surface area contributed by atoms with Crippen molar-refractivity contribution in [2.24, 2.45) is 0 Å². The fraction of sp³-hybridized carbons (Fsp3) is 0.300. The summed E-state index contributed by atoms with van der Waals surface area (Å²) in [5, 5.41) is 9.88. The molecule has 3 aromatic rings. The Labute approximate surface area is 181 Å². The number of amides is 2. The number of rotatable bonds is 6. The summed E-state index contributed by atoms with van der Waals surface area (Å²) >= 11 is 1.03. The average Bonchev–Trinajstić information content (AvgIpc) is 3.32. The van der Waals surface area contributed by atoms with E-state index in [4.69, 9.17) is 10.5 Å². The van der Waals surface area contributed by atoms with E-state index in [0.717, 1.165) is 24.2 Å². The van der Waals surface area contributed by atoms with E-state index in [1.54, 1.807) is 31.0 Å². The highest BCUT2D eigenvalue weighted by Crippen LogP contribution is 2.34. The van der Waals surface area contributed by atoms with Crippen molar-refractivity contribution in [1.29, 1.82) is 0 Å². The first-order chi connectivity index (χ1) is 14.8. The molecule has 0 unspecified atom stereocenters. The number of halogens is 1. The van der Waals surface area contributed by atoms with Crippen LogP contribution in [0.15, 0.2) is 30.6 Å². The second-order valence-electron chi connectivity index (χ2n) is 7.28. The first-order valence-electron chi connectivity index (χ1n) is 9.56. The Balaban J connectivity index is 1.47. The van der Waals surface area contributed by atoms with Crippen LogP contribution in [0.1, 0.15) is 44.5 Å². The number of anilines is 3. The molecule has 4 rings (SSSR count). The van der Waals surface area contributed by atoms with Gasteiger partial charge in [-0.05, 0) is 37.5 Å². The molecule has 0 bridgehead atoms. The quantitative estimate of drug-likeness (QED) is 0.536. The SMILES string of the molecule is COC1CC(n2ccc(NC(=O)c3cc(NC(=O)c4cnc(N)s4)c(C)cc3F)n2)C1. The molecular formula is C20H21FN6O3S. The van der Waals surface area contributed by atoms with E-state index in [9.17, 15) is 14.0 Å². The van der Waals surface area contributed by atoms with Gasteiger partial charge < -0.3 is 21.1 Å². The maximum atomic E-state index is 14.5. The van der Waals surface area contributed by atoms with Crippen LogP contribution in [0.4, 0.5) is 21.0 Å². The van der Waals surface area contributed by atoms with Gasteiger partial charge in [0.1, 0.15) is 10.7 Å². The molecule has 1 aromatic carbocycles. The Bertz CT molecular complexity index is 1140. The molecule has 2 heterocycles. The fourth-order valence-corrected chi connectivity index (χ4v) is 3.88. The van der Waals surface area contributed by atoms with Gasteiger partial charge in [0.05, 0.1) is 23.9 Å². The summed E-state index contributed by atoms with van der Waals surface area (Å²) in [4.78, 5) is 29.2. The second kappa shape index (κ2) is 8.44. The molecule has 1 saturated carbocycles. The van der Waals surface area contributed by atoms with Crippen molar-refractivity contribution in [3.8, 4) is 0 Å². The van der Waals surface area contributed by atoms with Crippen molar-refractivity contribution in [3.05, 3.63) is 52.4 Å². The summed E-state index contributed by atoms with van der Waals surface area (Å²) in [7, 11) is 1.68. The number of carbonyl (C=O) groups excluding carboxylic acids is 2. The van der Waals surface area contributed by atoms with E-state index in [-0.39, 0.29) is 22.8 Å². The van der Waals surface area contributed by atoms with Crippen molar-refractivity contribution in [1.82, 2.24) is 14.8 Å². The minimum Gasteiger partial charge on any atom is -0.381 e. The normalized spacial score (nSPS) is 17.8. The summed E-state index contributed by atoms with van der Waals surface area (Å²) in [5.41, 5.74) is 6.14. The summed E-state index contributed by atoms with van der Waals surface area (Å²) in [6.07, 6.45) is 5.06. The Kier molecular flexibility index (Phi) is 5.70. The van der Waals surface area contributed by atoms with Crippen LogP contribution in [0.3, 0.4) is 0 Å². The van der Waals surface area contributed by atoms with Crippen LogP contribution >= 0.6 is 11.3 Å². The van der Waals surface area contributed by atoms with Gasteiger partial charge in [-0.25, -0.2) is 9.37 Å². The summed E-state index contributed by atoms with van der Waals surface area (Å²) in [6.45, 7) is 1.63. The summed E-state index contributed by atoms with van der Waals surface area (Å²) < 4.78 is 21.5. The number of methoxy groups -OCH3 is 1. The molecule has 0 radical (unpaired) electrons. The first kappa shape index (κ1) is 20.9. The Morgan fingerprint density at radius 2 is 2.06 bits per heavy atom. The lowest BCUT2D eigenvalue weighted by Crippen LogP contribution is -2.32. The molecule has 2 aromatic heterocycles. The van der Waals surface area contributed by atoms with Gasteiger partial charge in [0.25, 0.3) is 11.8 Å². The third kappa shape index (κ3) is 4.42. The van der Waals surface area contributed by atoms with E-state index in [1.807, 2.05) is 0 Å². The van der Waals surface area contributed by atoms with Gasteiger partial charge >= 0.3 is 0 Å². The molecule has 0 aliphatic heterocycles. The molecule has 1 aliphatic rings. The maximum absolute atomic E-state index is 14.5. The van der Waals surface area contributed by atoms with Crippen LogP contribution in [0.5, 0.6) is 0 Å². The zero-order valence-electron chi connectivity index (χ0n) is 16.9. The highest BCUT2D eigenvalue weighted by atomic mass is 32.1. The van der Waals surface area contributed by atoms with E-state index >= 15 is 0 Å². The van der Waals surface area contributed by atoms with Gasteiger partial charge in [0, 0.05) is 25.1 Å². The molecule has 0 spiro atoms. The van der Waals surface area contributed by atoms with E-state index < -0.39 is 17.6 Å². The molecule has 1 aliphatic carbocycles. The average molecular weight is 444 g/mol. The monoisotopic (exact) mass is 444 g/mol. The molecule has 4 N–H and O–H groups in total. The summed E-state index contributed by atoms with van der Waals surface area (Å²) in [5.74, 6) is -1.49. The highest BCUT2D eigenvalue weighted by Gasteiger charge is 2.31. The molecular weight excluding hydrogens is 423 g/mol. The van der Waals surface area contributed by atoms with Gasteiger partial charge in [-0.2, -0.15) is 5.10 Å². The summed E-state index contributed by atoms with van der Waals surface area (Å²) in [6, 6.07) is 4.37. The fourth-order valence-electron chi connectivity index (χ4n) is 3.30. The van der Waals surface area contributed by atoms with Gasteiger partial charge in [-0.1, -0.05) is 11.3 Å². The topological polar surface area (TPSA) is 124 Å². The number of nitrogen functional groups attached to an aromatic ring is 1. The number of ether oxygens (including phenoxy) is 1. The van der Waals surface area contributed by atoms with Crippen LogP contribution in [0, 0.1) is 12.7 Å². The first-order valence-corrected chi connectivity index (χ1v) is 10.4. The molecule has 31 heavy (non-hydrogen) atoms. The lowest BCUT2D eigenvalue weighted by molar-refractivity contribution is 0.00256. The van der Waals surface area contributed by atoms with Crippen LogP contribution in [-0.4, -0.2) is 39.8 Å². The van der Waals surface area contributed by atoms with Crippen molar-refractivity contribution in [3.63, 3.8) is 0 Å².